The van der Waals surface area contributed by atoms with E-state index >= 15 is 0 Å². The third kappa shape index (κ3) is 1.46. The number of nitrogens with one attached hydrogen (secondary N) is 1. The molecule has 1 heterocycles. The Morgan fingerprint density at radius 3 is 2.91 bits per heavy atom. The van der Waals surface area contributed by atoms with Gasteiger partial charge in [-0.3, -0.25) is 0 Å². The van der Waals surface area contributed by atoms with E-state index in [-0.39, 0.29) is 5.57 Å². The predicted octanol–water partition coefficient (Wildman–Crippen LogP) is 0.898. The summed E-state index contributed by atoms with van der Waals surface area (Å²) >= 11 is 0. The first-order valence-electron chi connectivity index (χ1n) is 3.14. The Morgan fingerprint density at radius 1 is 1.82 bits per heavy atom. The molecule has 0 saturated heterocycles. The number of nitrogens with zero attached hydrogens (tertiary/aromatic N) is 1. The molecule has 1 rings (SSSR count). The molecule has 4 heteroatoms. The number of imidazole rings is 1. The molecular weight excluding hydrogens is 144 g/mol. The molecule has 0 spiro atoms. The largest absolute Gasteiger partial charge is 0.478 e. The van der Waals surface area contributed by atoms with E-state index in [1.807, 2.05) is 0 Å². The van der Waals surface area contributed by atoms with Gasteiger partial charge in [0, 0.05) is 0 Å². The average Bonchev–Trinajstić information content (AvgIpc) is 2.40. The number of carboxylic acids is 1. The molecule has 0 aliphatic rings. The summed E-state index contributed by atoms with van der Waals surface area (Å²) in [4.78, 5) is 16.9. The summed E-state index contributed by atoms with van der Waals surface area (Å²) in [7, 11) is 0. The first-order chi connectivity index (χ1) is 5.25. The Kier molecular flexibility index (Phi) is 2.06. The minimum Gasteiger partial charge on any atom is -0.478 e. The number of hydrogen-bond acceptors (Lipinski definition) is 2. The molecule has 1 aromatic rings. The summed E-state index contributed by atoms with van der Waals surface area (Å²) in [5, 5.41) is 8.63. The van der Waals surface area contributed by atoms with Gasteiger partial charge in [0.05, 0.1) is 23.8 Å². The number of allylic oxidation sites excluding steroid dienone is 1. The van der Waals surface area contributed by atoms with Gasteiger partial charge in [0.2, 0.25) is 0 Å². The number of hydrogen-bond donors (Lipinski definition) is 2. The van der Waals surface area contributed by atoms with Crippen LogP contribution in [-0.2, 0) is 4.79 Å². The van der Waals surface area contributed by atoms with Crippen LogP contribution < -0.4 is 0 Å². The molecule has 1 aromatic heterocycles. The lowest BCUT2D eigenvalue weighted by Crippen LogP contribution is -1.98. The zero-order chi connectivity index (χ0) is 8.27. The van der Waals surface area contributed by atoms with Gasteiger partial charge < -0.3 is 10.1 Å². The fourth-order valence-electron chi connectivity index (χ4n) is 0.797. The van der Waals surface area contributed by atoms with E-state index in [1.165, 1.54) is 18.6 Å². The van der Waals surface area contributed by atoms with Crippen LogP contribution in [0.25, 0.3) is 5.57 Å². The molecule has 0 aliphatic heterocycles. The molecule has 0 saturated carbocycles. The summed E-state index contributed by atoms with van der Waals surface area (Å²) < 4.78 is 0. The lowest BCUT2D eigenvalue weighted by atomic mass is 10.2. The fraction of sp³-hybridized carbons (Fsp3) is 0.143. The van der Waals surface area contributed by atoms with Gasteiger partial charge in [0.1, 0.15) is 0 Å². The van der Waals surface area contributed by atoms with Crippen LogP contribution in [0.2, 0.25) is 0 Å². The van der Waals surface area contributed by atoms with Gasteiger partial charge >= 0.3 is 5.97 Å². The molecule has 11 heavy (non-hydrogen) atoms. The molecule has 0 aliphatic carbocycles. The van der Waals surface area contributed by atoms with Crippen LogP contribution in [0.5, 0.6) is 0 Å². The van der Waals surface area contributed by atoms with Crippen LogP contribution in [0, 0.1) is 0 Å². The molecule has 0 bridgehead atoms. The monoisotopic (exact) mass is 152 g/mol. The maximum absolute atomic E-state index is 10.5. The van der Waals surface area contributed by atoms with Crippen molar-refractivity contribution < 1.29 is 9.90 Å². The van der Waals surface area contributed by atoms with Crippen LogP contribution >= 0.6 is 0 Å². The second-order valence-electron chi connectivity index (χ2n) is 1.97. The highest BCUT2D eigenvalue weighted by atomic mass is 16.4. The maximum Gasteiger partial charge on any atom is 0.337 e. The molecule has 0 atom stereocenters. The number of aliphatic carboxylic acids is 1. The van der Waals surface area contributed by atoms with Gasteiger partial charge in [-0.1, -0.05) is 6.08 Å². The fourth-order valence-corrected chi connectivity index (χ4v) is 0.797. The van der Waals surface area contributed by atoms with Gasteiger partial charge in [0.15, 0.2) is 0 Å². The van der Waals surface area contributed by atoms with Gasteiger partial charge in [-0.2, -0.15) is 0 Å². The van der Waals surface area contributed by atoms with Crippen LogP contribution in [-0.4, -0.2) is 21.0 Å². The first-order valence-corrected chi connectivity index (χ1v) is 3.14. The van der Waals surface area contributed by atoms with Crippen molar-refractivity contribution in [2.45, 2.75) is 6.92 Å². The summed E-state index contributed by atoms with van der Waals surface area (Å²) in [5.74, 6) is -0.947. The SMILES string of the molecule is CC=C(C(=O)O)c1cnc[nH]1. The van der Waals surface area contributed by atoms with Crippen molar-refractivity contribution in [3.05, 3.63) is 24.3 Å². The number of carbonyl (C=O) groups is 1. The van der Waals surface area contributed by atoms with Crippen molar-refractivity contribution in [1.29, 1.82) is 0 Å². The molecule has 4 nitrogen and oxygen atoms in total. The third-order valence-corrected chi connectivity index (χ3v) is 1.31. The van der Waals surface area contributed by atoms with Crippen molar-refractivity contribution >= 4 is 11.5 Å². The zero-order valence-corrected chi connectivity index (χ0v) is 6.03. The first kappa shape index (κ1) is 7.53. The van der Waals surface area contributed by atoms with E-state index < -0.39 is 5.97 Å². The number of carboxylic acid groups (broad SMARTS) is 1. The second-order valence-corrected chi connectivity index (χ2v) is 1.97. The van der Waals surface area contributed by atoms with E-state index in [0.717, 1.165) is 0 Å². The van der Waals surface area contributed by atoms with E-state index in [9.17, 15) is 4.79 Å². The molecule has 0 fully saturated rings. The smallest absolute Gasteiger partial charge is 0.337 e. The van der Waals surface area contributed by atoms with Crippen LogP contribution in [0.4, 0.5) is 0 Å². The van der Waals surface area contributed by atoms with Gasteiger partial charge in [0.25, 0.3) is 0 Å². The number of aromatic nitrogens is 2. The second kappa shape index (κ2) is 3.01. The van der Waals surface area contributed by atoms with Crippen molar-refractivity contribution in [3.8, 4) is 0 Å². The topological polar surface area (TPSA) is 66.0 Å². The maximum atomic E-state index is 10.5. The van der Waals surface area contributed by atoms with Gasteiger partial charge in [-0.25, -0.2) is 9.78 Å². The molecule has 0 aromatic carbocycles. The lowest BCUT2D eigenvalue weighted by Gasteiger charge is -1.94. The Morgan fingerprint density at radius 2 is 2.55 bits per heavy atom. The minimum atomic E-state index is -0.947. The van der Waals surface area contributed by atoms with Crippen LogP contribution in [0.1, 0.15) is 12.6 Å². The Labute approximate surface area is 63.6 Å². The van der Waals surface area contributed by atoms with E-state index in [4.69, 9.17) is 5.11 Å². The molecule has 58 valence electrons. The molecule has 0 unspecified atom stereocenters. The highest BCUT2D eigenvalue weighted by Crippen LogP contribution is 2.09. The summed E-state index contributed by atoms with van der Waals surface area (Å²) in [6, 6.07) is 0. The van der Waals surface area contributed by atoms with Crippen molar-refractivity contribution in [2.24, 2.45) is 0 Å². The third-order valence-electron chi connectivity index (χ3n) is 1.31. The summed E-state index contributed by atoms with van der Waals surface area (Å²) in [6.45, 7) is 1.67. The summed E-state index contributed by atoms with van der Waals surface area (Å²) in [5.41, 5.74) is 0.766. The van der Waals surface area contributed by atoms with E-state index in [2.05, 4.69) is 9.97 Å². The van der Waals surface area contributed by atoms with Gasteiger partial charge in [-0.05, 0) is 6.92 Å². The Hall–Kier alpha value is -1.58. The lowest BCUT2D eigenvalue weighted by molar-refractivity contribution is -0.130. The van der Waals surface area contributed by atoms with Crippen LogP contribution in [0.3, 0.4) is 0 Å². The molecule has 0 radical (unpaired) electrons. The predicted molar refractivity (Wildman–Crippen MR) is 39.9 cm³/mol. The Bertz CT molecular complexity index is 275. The number of rotatable bonds is 2. The minimum absolute atomic E-state index is 0.238. The normalized spacial score (nSPS) is 11.5. The molecule has 2 N–H and O–H groups in total. The highest BCUT2D eigenvalue weighted by molar-refractivity contribution is 6.14. The standard InChI is InChI=1S/C7H8N2O2/c1-2-5(7(10)11)6-3-8-4-9-6/h2-4H,1H3,(H,8,9)(H,10,11). The quantitative estimate of drug-likeness (QED) is 0.618. The summed E-state index contributed by atoms with van der Waals surface area (Å²) in [6.07, 6.45) is 4.45. The van der Waals surface area contributed by atoms with Crippen LogP contribution in [0.15, 0.2) is 18.6 Å². The molecular formula is C7H8N2O2. The number of aromatic amines is 1. The van der Waals surface area contributed by atoms with Crippen molar-refractivity contribution in [1.82, 2.24) is 9.97 Å². The molecule has 0 amide bonds. The van der Waals surface area contributed by atoms with Crippen molar-refractivity contribution in [3.63, 3.8) is 0 Å². The zero-order valence-electron chi connectivity index (χ0n) is 6.03. The van der Waals surface area contributed by atoms with Gasteiger partial charge in [-0.15, -0.1) is 0 Å². The highest BCUT2D eigenvalue weighted by Gasteiger charge is 2.08. The van der Waals surface area contributed by atoms with Crippen molar-refractivity contribution in [2.75, 3.05) is 0 Å². The van der Waals surface area contributed by atoms with E-state index in [0.29, 0.717) is 5.69 Å². The van der Waals surface area contributed by atoms with E-state index in [1.54, 1.807) is 6.92 Å². The number of H-pyrrole nitrogens is 1. The Balaban J connectivity index is 2.99. The average molecular weight is 152 g/mol.